The van der Waals surface area contributed by atoms with Gasteiger partial charge < -0.3 is 15.8 Å². The molecule has 2 rings (SSSR count). The van der Waals surface area contributed by atoms with Gasteiger partial charge in [0, 0.05) is 12.7 Å². The molecule has 1 heterocycles. The smallest absolute Gasteiger partial charge is 0.146 e. The molecule has 0 atom stereocenters. The molecule has 0 fully saturated rings. The summed E-state index contributed by atoms with van der Waals surface area (Å²) in [6.45, 7) is 0.708. The Balaban J connectivity index is 2.00. The Bertz CT molecular complexity index is 482. The summed E-state index contributed by atoms with van der Waals surface area (Å²) in [6, 6.07) is 11.7. The van der Waals surface area contributed by atoms with Crippen LogP contribution in [-0.2, 0) is 6.54 Å². The molecule has 17 heavy (non-hydrogen) atoms. The lowest BCUT2D eigenvalue weighted by atomic mass is 10.2. The quantitative estimate of drug-likeness (QED) is 0.844. The second-order valence-corrected chi connectivity index (χ2v) is 3.64. The zero-order valence-corrected chi connectivity index (χ0v) is 9.68. The average Bonchev–Trinajstić information content (AvgIpc) is 2.38. The number of rotatable bonds is 4. The standard InChI is InChI=1S/C13H15N3O/c1-17-11-6-4-10(5-7-11)9-16-12-3-2-8-15-13(12)14/h2-8,16H,9H2,1H3,(H2,14,15). The Labute approximate surface area is 100 Å². The van der Waals surface area contributed by atoms with Crippen LogP contribution in [-0.4, -0.2) is 12.1 Å². The minimum absolute atomic E-state index is 0.515. The molecule has 3 N–H and O–H groups in total. The first-order chi connectivity index (χ1) is 8.29. The fourth-order valence-corrected chi connectivity index (χ4v) is 1.51. The van der Waals surface area contributed by atoms with Crippen LogP contribution in [0.1, 0.15) is 5.56 Å². The Morgan fingerprint density at radius 1 is 1.24 bits per heavy atom. The molecule has 1 aromatic heterocycles. The maximum atomic E-state index is 5.74. The van der Waals surface area contributed by atoms with Crippen LogP contribution in [0.25, 0.3) is 0 Å². The Hall–Kier alpha value is -2.23. The predicted molar refractivity (Wildman–Crippen MR) is 69.0 cm³/mol. The van der Waals surface area contributed by atoms with Gasteiger partial charge in [-0.05, 0) is 29.8 Å². The van der Waals surface area contributed by atoms with E-state index in [0.29, 0.717) is 12.4 Å². The molecule has 0 amide bonds. The minimum atomic E-state index is 0.515. The highest BCUT2D eigenvalue weighted by molar-refractivity contribution is 5.60. The van der Waals surface area contributed by atoms with Crippen LogP contribution in [0.5, 0.6) is 5.75 Å². The Morgan fingerprint density at radius 2 is 2.00 bits per heavy atom. The largest absolute Gasteiger partial charge is 0.497 e. The van der Waals surface area contributed by atoms with Gasteiger partial charge in [-0.1, -0.05) is 12.1 Å². The van der Waals surface area contributed by atoms with Gasteiger partial charge in [0.15, 0.2) is 0 Å². The summed E-state index contributed by atoms with van der Waals surface area (Å²) in [5.41, 5.74) is 7.75. The monoisotopic (exact) mass is 229 g/mol. The van der Waals surface area contributed by atoms with Crippen LogP contribution in [0.3, 0.4) is 0 Å². The van der Waals surface area contributed by atoms with Gasteiger partial charge in [-0.25, -0.2) is 4.98 Å². The van der Waals surface area contributed by atoms with Gasteiger partial charge in [0.25, 0.3) is 0 Å². The van der Waals surface area contributed by atoms with E-state index in [2.05, 4.69) is 10.3 Å². The number of nitrogen functional groups attached to an aromatic ring is 1. The third kappa shape index (κ3) is 2.87. The van der Waals surface area contributed by atoms with Crippen LogP contribution < -0.4 is 15.8 Å². The van der Waals surface area contributed by atoms with Gasteiger partial charge in [0.1, 0.15) is 11.6 Å². The molecule has 0 aliphatic carbocycles. The molecule has 0 radical (unpaired) electrons. The fourth-order valence-electron chi connectivity index (χ4n) is 1.51. The van der Waals surface area contributed by atoms with E-state index in [1.54, 1.807) is 13.3 Å². The van der Waals surface area contributed by atoms with E-state index in [9.17, 15) is 0 Å². The maximum absolute atomic E-state index is 5.74. The van der Waals surface area contributed by atoms with Crippen molar-refractivity contribution in [2.24, 2.45) is 0 Å². The topological polar surface area (TPSA) is 60.2 Å². The molecule has 0 saturated carbocycles. The van der Waals surface area contributed by atoms with Gasteiger partial charge in [-0.15, -0.1) is 0 Å². The van der Waals surface area contributed by atoms with Crippen LogP contribution >= 0.6 is 0 Å². The minimum Gasteiger partial charge on any atom is -0.497 e. The van der Waals surface area contributed by atoms with E-state index in [1.807, 2.05) is 36.4 Å². The van der Waals surface area contributed by atoms with E-state index in [-0.39, 0.29) is 0 Å². The summed E-state index contributed by atoms with van der Waals surface area (Å²) in [5.74, 6) is 1.37. The zero-order chi connectivity index (χ0) is 12.1. The first kappa shape index (κ1) is 11.3. The van der Waals surface area contributed by atoms with Crippen LogP contribution in [0.15, 0.2) is 42.6 Å². The molecule has 0 unspecified atom stereocenters. The fraction of sp³-hybridized carbons (Fsp3) is 0.154. The predicted octanol–water partition coefficient (Wildman–Crippen LogP) is 2.28. The number of anilines is 2. The third-order valence-corrected chi connectivity index (χ3v) is 2.48. The number of hydrogen-bond acceptors (Lipinski definition) is 4. The molecule has 1 aromatic carbocycles. The Morgan fingerprint density at radius 3 is 2.65 bits per heavy atom. The molecule has 0 aliphatic heterocycles. The number of hydrogen-bond donors (Lipinski definition) is 2. The lowest BCUT2D eigenvalue weighted by Gasteiger charge is -2.08. The van der Waals surface area contributed by atoms with Crippen molar-refractivity contribution in [1.29, 1.82) is 0 Å². The SMILES string of the molecule is COc1ccc(CNc2cccnc2N)cc1. The van der Waals surface area contributed by atoms with Crippen molar-refractivity contribution in [3.05, 3.63) is 48.2 Å². The molecule has 0 bridgehead atoms. The van der Waals surface area contributed by atoms with Crippen molar-refractivity contribution in [3.63, 3.8) is 0 Å². The number of benzene rings is 1. The van der Waals surface area contributed by atoms with Crippen molar-refractivity contribution >= 4 is 11.5 Å². The molecule has 4 heteroatoms. The normalized spacial score (nSPS) is 9.94. The van der Waals surface area contributed by atoms with Gasteiger partial charge in [-0.3, -0.25) is 0 Å². The van der Waals surface area contributed by atoms with Gasteiger partial charge in [0.05, 0.1) is 12.8 Å². The lowest BCUT2D eigenvalue weighted by Crippen LogP contribution is -2.03. The first-order valence-corrected chi connectivity index (χ1v) is 5.37. The van der Waals surface area contributed by atoms with E-state index in [0.717, 1.165) is 17.0 Å². The van der Waals surface area contributed by atoms with Crippen LogP contribution in [0.4, 0.5) is 11.5 Å². The van der Waals surface area contributed by atoms with E-state index in [4.69, 9.17) is 10.5 Å². The number of pyridine rings is 1. The highest BCUT2D eigenvalue weighted by Gasteiger charge is 1.98. The molecule has 0 aliphatic rings. The highest BCUT2D eigenvalue weighted by atomic mass is 16.5. The Kier molecular flexibility index (Phi) is 3.45. The van der Waals surface area contributed by atoms with Crippen LogP contribution in [0, 0.1) is 0 Å². The maximum Gasteiger partial charge on any atom is 0.146 e. The lowest BCUT2D eigenvalue weighted by molar-refractivity contribution is 0.414. The number of nitrogens with zero attached hydrogens (tertiary/aromatic N) is 1. The number of aromatic nitrogens is 1. The number of nitrogens with two attached hydrogens (primary N) is 1. The summed E-state index contributed by atoms with van der Waals surface area (Å²) in [5, 5.41) is 3.24. The molecule has 2 aromatic rings. The van der Waals surface area contributed by atoms with E-state index in [1.165, 1.54) is 0 Å². The third-order valence-electron chi connectivity index (χ3n) is 2.48. The number of methoxy groups -OCH3 is 1. The summed E-state index contributed by atoms with van der Waals surface area (Å²) in [7, 11) is 1.66. The van der Waals surface area contributed by atoms with Crippen molar-refractivity contribution in [1.82, 2.24) is 4.98 Å². The second kappa shape index (κ2) is 5.21. The van der Waals surface area contributed by atoms with Gasteiger partial charge in [0.2, 0.25) is 0 Å². The van der Waals surface area contributed by atoms with Crippen molar-refractivity contribution < 1.29 is 4.74 Å². The second-order valence-electron chi connectivity index (χ2n) is 3.64. The molecule has 0 spiro atoms. The summed E-state index contributed by atoms with van der Waals surface area (Å²) in [4.78, 5) is 4.01. The number of ether oxygens (including phenoxy) is 1. The molecule has 88 valence electrons. The average molecular weight is 229 g/mol. The van der Waals surface area contributed by atoms with Gasteiger partial charge in [-0.2, -0.15) is 0 Å². The van der Waals surface area contributed by atoms with E-state index < -0.39 is 0 Å². The van der Waals surface area contributed by atoms with Crippen molar-refractivity contribution in [2.75, 3.05) is 18.2 Å². The van der Waals surface area contributed by atoms with Gasteiger partial charge >= 0.3 is 0 Å². The highest BCUT2D eigenvalue weighted by Crippen LogP contribution is 2.16. The summed E-state index contributed by atoms with van der Waals surface area (Å²) in [6.07, 6.45) is 1.67. The number of nitrogens with one attached hydrogen (secondary N) is 1. The zero-order valence-electron chi connectivity index (χ0n) is 9.68. The first-order valence-electron chi connectivity index (χ1n) is 5.37. The van der Waals surface area contributed by atoms with Crippen LogP contribution in [0.2, 0.25) is 0 Å². The summed E-state index contributed by atoms with van der Waals surface area (Å²) >= 11 is 0. The van der Waals surface area contributed by atoms with Crippen molar-refractivity contribution in [3.8, 4) is 5.75 Å². The molecular formula is C13H15N3O. The van der Waals surface area contributed by atoms with Crippen molar-refractivity contribution in [2.45, 2.75) is 6.54 Å². The van der Waals surface area contributed by atoms with E-state index >= 15 is 0 Å². The molecular weight excluding hydrogens is 214 g/mol. The molecule has 0 saturated heterocycles. The molecule has 4 nitrogen and oxygen atoms in total. The summed E-state index contributed by atoms with van der Waals surface area (Å²) < 4.78 is 5.10.